The summed E-state index contributed by atoms with van der Waals surface area (Å²) >= 11 is 12.2. The lowest BCUT2D eigenvalue weighted by molar-refractivity contribution is -0.129. The number of hydrogen-bond acceptors (Lipinski definition) is 3. The van der Waals surface area contributed by atoms with Gasteiger partial charge < -0.3 is 4.74 Å². The molecule has 1 aliphatic carbocycles. The van der Waals surface area contributed by atoms with Gasteiger partial charge in [0.15, 0.2) is 5.70 Å². The number of esters is 1. The lowest BCUT2D eigenvalue weighted by Crippen LogP contribution is -2.13. The zero-order valence-electron chi connectivity index (χ0n) is 16.3. The fourth-order valence-electron chi connectivity index (χ4n) is 4.11. The second-order valence-electron chi connectivity index (χ2n) is 7.73. The third-order valence-electron chi connectivity index (χ3n) is 5.95. The van der Waals surface area contributed by atoms with Crippen molar-refractivity contribution in [3.63, 3.8) is 0 Å². The molecule has 2 aromatic rings. The van der Waals surface area contributed by atoms with Crippen LogP contribution in [0.5, 0.6) is 0 Å². The zero-order chi connectivity index (χ0) is 20.4. The van der Waals surface area contributed by atoms with Crippen LogP contribution in [-0.4, -0.2) is 11.9 Å². The van der Waals surface area contributed by atoms with Crippen LogP contribution in [0.3, 0.4) is 0 Å². The molecule has 3 nitrogen and oxygen atoms in total. The van der Waals surface area contributed by atoms with E-state index in [2.05, 4.69) is 24.0 Å². The maximum atomic E-state index is 12.3. The Morgan fingerprint density at radius 2 is 1.79 bits per heavy atom. The highest BCUT2D eigenvalue weighted by Gasteiger charge is 2.25. The molecular formula is C24H23Cl2NO2. The number of carbonyl (C=O) groups excluding carboxylic acids is 1. The fourth-order valence-corrected chi connectivity index (χ4v) is 4.48. The van der Waals surface area contributed by atoms with E-state index in [0.717, 1.165) is 11.5 Å². The van der Waals surface area contributed by atoms with Gasteiger partial charge in [0.1, 0.15) is 0 Å². The van der Waals surface area contributed by atoms with Crippen LogP contribution in [0.25, 0.3) is 6.08 Å². The second kappa shape index (κ2) is 8.73. The molecule has 1 aliphatic heterocycles. The van der Waals surface area contributed by atoms with Gasteiger partial charge in [-0.1, -0.05) is 60.8 Å². The number of nitrogens with zero attached hydrogens (tertiary/aromatic N) is 1. The first-order chi connectivity index (χ1) is 14.0. The maximum absolute atomic E-state index is 12.3. The van der Waals surface area contributed by atoms with E-state index in [-0.39, 0.29) is 5.70 Å². The van der Waals surface area contributed by atoms with Crippen molar-refractivity contribution in [2.24, 2.45) is 10.9 Å². The first-order valence-electron chi connectivity index (χ1n) is 10.1. The molecule has 0 N–H and O–H groups in total. The van der Waals surface area contributed by atoms with E-state index >= 15 is 0 Å². The van der Waals surface area contributed by atoms with Crippen LogP contribution in [0.4, 0.5) is 0 Å². The van der Waals surface area contributed by atoms with Gasteiger partial charge in [-0.2, -0.15) is 0 Å². The maximum Gasteiger partial charge on any atom is 0.363 e. The van der Waals surface area contributed by atoms with Crippen molar-refractivity contribution in [3.8, 4) is 0 Å². The molecule has 2 aliphatic rings. The predicted octanol–water partition coefficient (Wildman–Crippen LogP) is 7.02. The summed E-state index contributed by atoms with van der Waals surface area (Å²) in [6.07, 6.45) is 8.01. The SMILES string of the molecule is CCC1CCC(c2ccc(C3=NC(=Cc4cccc(Cl)c4Cl)C(=O)O3)cc2)CC1. The van der Waals surface area contributed by atoms with Crippen molar-refractivity contribution in [1.82, 2.24) is 0 Å². The number of carbonyl (C=O) groups is 1. The van der Waals surface area contributed by atoms with Gasteiger partial charge in [-0.05, 0) is 72.9 Å². The Morgan fingerprint density at radius 3 is 2.48 bits per heavy atom. The summed E-state index contributed by atoms with van der Waals surface area (Å²) in [6, 6.07) is 13.5. The average molecular weight is 428 g/mol. The number of benzene rings is 2. The molecular weight excluding hydrogens is 405 g/mol. The average Bonchev–Trinajstić information content (AvgIpc) is 3.12. The van der Waals surface area contributed by atoms with Gasteiger partial charge in [0.2, 0.25) is 5.90 Å². The first-order valence-corrected chi connectivity index (χ1v) is 10.9. The molecule has 0 aromatic heterocycles. The Balaban J connectivity index is 1.51. The standard InChI is InChI=1S/C24H23Cl2NO2/c1-2-15-6-8-16(9-7-15)17-10-12-18(13-11-17)23-27-21(24(28)29-23)14-19-4-3-5-20(25)22(19)26/h3-5,10-16H,2,6-9H2,1H3. The van der Waals surface area contributed by atoms with Crippen LogP contribution in [0.1, 0.15) is 61.6 Å². The Morgan fingerprint density at radius 1 is 1.07 bits per heavy atom. The molecule has 0 saturated heterocycles. The highest BCUT2D eigenvalue weighted by atomic mass is 35.5. The fraction of sp³-hybridized carbons (Fsp3) is 0.333. The molecule has 0 atom stereocenters. The van der Waals surface area contributed by atoms with Crippen LogP contribution < -0.4 is 0 Å². The third kappa shape index (κ3) is 4.41. The Hall–Kier alpha value is -2.10. The van der Waals surface area contributed by atoms with Crippen molar-refractivity contribution in [3.05, 3.63) is 74.9 Å². The number of rotatable bonds is 4. The van der Waals surface area contributed by atoms with Crippen LogP contribution in [0.2, 0.25) is 10.0 Å². The number of hydrogen-bond donors (Lipinski definition) is 0. The predicted molar refractivity (Wildman–Crippen MR) is 119 cm³/mol. The van der Waals surface area contributed by atoms with Crippen molar-refractivity contribution < 1.29 is 9.53 Å². The van der Waals surface area contributed by atoms with Crippen molar-refractivity contribution >= 4 is 41.1 Å². The van der Waals surface area contributed by atoms with Gasteiger partial charge in [0.05, 0.1) is 10.0 Å². The van der Waals surface area contributed by atoms with Gasteiger partial charge in [-0.15, -0.1) is 0 Å². The summed E-state index contributed by atoms with van der Waals surface area (Å²) in [6.45, 7) is 2.28. The van der Waals surface area contributed by atoms with E-state index in [1.807, 2.05) is 12.1 Å². The smallest absolute Gasteiger partial charge is 0.363 e. The summed E-state index contributed by atoms with van der Waals surface area (Å²) in [7, 11) is 0. The molecule has 29 heavy (non-hydrogen) atoms. The molecule has 150 valence electrons. The van der Waals surface area contributed by atoms with Crippen LogP contribution in [0, 0.1) is 5.92 Å². The number of halogens is 2. The lowest BCUT2D eigenvalue weighted by Gasteiger charge is -2.28. The number of cyclic esters (lactones) is 1. The van der Waals surface area contributed by atoms with Gasteiger partial charge in [0, 0.05) is 5.56 Å². The Labute approximate surface area is 181 Å². The van der Waals surface area contributed by atoms with Crippen LogP contribution >= 0.6 is 23.2 Å². The van der Waals surface area contributed by atoms with E-state index < -0.39 is 5.97 Å². The van der Waals surface area contributed by atoms with E-state index in [9.17, 15) is 4.79 Å². The normalized spacial score (nSPS) is 23.2. The number of aliphatic imine (C=N–C) groups is 1. The minimum absolute atomic E-state index is 0.214. The van der Waals surface area contributed by atoms with E-state index in [4.69, 9.17) is 27.9 Å². The molecule has 5 heteroatoms. The third-order valence-corrected chi connectivity index (χ3v) is 6.78. The van der Waals surface area contributed by atoms with Gasteiger partial charge >= 0.3 is 5.97 Å². The lowest BCUT2D eigenvalue weighted by atomic mass is 9.78. The van der Waals surface area contributed by atoms with Gasteiger partial charge in [-0.3, -0.25) is 0 Å². The first kappa shape index (κ1) is 20.2. The van der Waals surface area contributed by atoms with Gasteiger partial charge in [0.25, 0.3) is 0 Å². The molecule has 0 spiro atoms. The van der Waals surface area contributed by atoms with Crippen LogP contribution in [0.15, 0.2) is 53.2 Å². The summed E-state index contributed by atoms with van der Waals surface area (Å²) < 4.78 is 5.38. The minimum Gasteiger partial charge on any atom is -0.402 e. The molecule has 0 radical (unpaired) electrons. The molecule has 0 unspecified atom stereocenters. The van der Waals surface area contributed by atoms with E-state index in [1.54, 1.807) is 24.3 Å². The van der Waals surface area contributed by atoms with Crippen molar-refractivity contribution in [2.75, 3.05) is 0 Å². The molecule has 0 bridgehead atoms. The zero-order valence-corrected chi connectivity index (χ0v) is 17.8. The Bertz CT molecular complexity index is 971. The highest BCUT2D eigenvalue weighted by Crippen LogP contribution is 2.37. The number of ether oxygens (including phenoxy) is 1. The molecule has 2 aromatic carbocycles. The minimum atomic E-state index is -0.488. The van der Waals surface area contributed by atoms with Gasteiger partial charge in [-0.25, -0.2) is 9.79 Å². The van der Waals surface area contributed by atoms with Crippen molar-refractivity contribution in [1.29, 1.82) is 0 Å². The quantitative estimate of drug-likeness (QED) is 0.388. The van der Waals surface area contributed by atoms with E-state index in [1.165, 1.54) is 37.7 Å². The monoisotopic (exact) mass is 427 g/mol. The second-order valence-corrected chi connectivity index (χ2v) is 8.51. The Kier molecular flexibility index (Phi) is 6.07. The molecule has 0 amide bonds. The van der Waals surface area contributed by atoms with Crippen LogP contribution in [-0.2, 0) is 9.53 Å². The molecule has 4 rings (SSSR count). The molecule has 1 heterocycles. The summed E-state index contributed by atoms with van der Waals surface area (Å²) in [5.41, 5.74) is 3.00. The molecule has 1 saturated carbocycles. The topological polar surface area (TPSA) is 38.7 Å². The largest absolute Gasteiger partial charge is 0.402 e. The molecule has 1 fully saturated rings. The summed E-state index contributed by atoms with van der Waals surface area (Å²) in [5, 5.41) is 0.820. The summed E-state index contributed by atoms with van der Waals surface area (Å²) in [4.78, 5) is 16.6. The highest BCUT2D eigenvalue weighted by molar-refractivity contribution is 6.43. The van der Waals surface area contributed by atoms with E-state index in [0.29, 0.717) is 27.4 Å². The van der Waals surface area contributed by atoms with Crippen molar-refractivity contribution in [2.45, 2.75) is 44.9 Å². The summed E-state index contributed by atoms with van der Waals surface area (Å²) in [5.74, 6) is 1.34.